The van der Waals surface area contributed by atoms with Crippen molar-refractivity contribution in [1.29, 1.82) is 0 Å². The van der Waals surface area contributed by atoms with Gasteiger partial charge < -0.3 is 14.6 Å². The Bertz CT molecular complexity index is 704. The lowest BCUT2D eigenvalue weighted by Crippen LogP contribution is -2.39. The van der Waals surface area contributed by atoms with Gasteiger partial charge >= 0.3 is 0 Å². The van der Waals surface area contributed by atoms with Gasteiger partial charge in [-0.1, -0.05) is 30.3 Å². The van der Waals surface area contributed by atoms with Crippen LogP contribution in [0.5, 0.6) is 5.75 Å². The SMILES string of the molecule is CC(=O)c1cn2c(c1O)C(=O)N(Cc1ccccc1)CC2. The predicted molar refractivity (Wildman–Crippen MR) is 77.3 cm³/mol. The van der Waals surface area contributed by atoms with Crippen LogP contribution in [-0.4, -0.2) is 32.8 Å². The van der Waals surface area contributed by atoms with Crippen LogP contribution in [0.3, 0.4) is 0 Å². The number of aromatic nitrogens is 1. The molecule has 0 saturated heterocycles. The molecule has 1 aromatic heterocycles. The number of amides is 1. The molecule has 2 heterocycles. The van der Waals surface area contributed by atoms with Crippen LogP contribution in [0.15, 0.2) is 36.5 Å². The molecule has 1 aliphatic rings. The fourth-order valence-corrected chi connectivity index (χ4v) is 2.64. The summed E-state index contributed by atoms with van der Waals surface area (Å²) in [4.78, 5) is 25.7. The van der Waals surface area contributed by atoms with Gasteiger partial charge in [0.05, 0.1) is 5.56 Å². The minimum absolute atomic E-state index is 0.203. The van der Waals surface area contributed by atoms with Crippen molar-refractivity contribution >= 4 is 11.7 Å². The van der Waals surface area contributed by atoms with Crippen molar-refractivity contribution in [3.05, 3.63) is 53.3 Å². The van der Waals surface area contributed by atoms with E-state index < -0.39 is 0 Å². The van der Waals surface area contributed by atoms with E-state index in [1.54, 1.807) is 15.7 Å². The summed E-state index contributed by atoms with van der Waals surface area (Å²) in [6.45, 7) is 3.02. The molecule has 1 amide bonds. The maximum atomic E-state index is 12.5. The first kappa shape index (κ1) is 13.4. The fraction of sp³-hybridized carbons (Fsp3) is 0.250. The van der Waals surface area contributed by atoms with Crippen molar-refractivity contribution in [2.24, 2.45) is 0 Å². The van der Waals surface area contributed by atoms with Crippen LogP contribution >= 0.6 is 0 Å². The number of nitrogens with zero attached hydrogens (tertiary/aromatic N) is 2. The number of hydrogen-bond acceptors (Lipinski definition) is 3. The molecule has 1 aromatic carbocycles. The summed E-state index contributed by atoms with van der Waals surface area (Å²) >= 11 is 0. The summed E-state index contributed by atoms with van der Waals surface area (Å²) in [5, 5.41) is 10.1. The zero-order valence-corrected chi connectivity index (χ0v) is 11.7. The number of Topliss-reactive ketones (excluding diaryl/α,β-unsaturated/α-hetero) is 1. The van der Waals surface area contributed by atoms with E-state index >= 15 is 0 Å². The summed E-state index contributed by atoms with van der Waals surface area (Å²) in [5.41, 5.74) is 1.46. The number of benzene rings is 1. The van der Waals surface area contributed by atoms with E-state index in [2.05, 4.69) is 0 Å². The fourth-order valence-electron chi connectivity index (χ4n) is 2.64. The van der Waals surface area contributed by atoms with Crippen molar-refractivity contribution in [1.82, 2.24) is 9.47 Å². The first-order chi connectivity index (χ1) is 10.1. The van der Waals surface area contributed by atoms with E-state index in [-0.39, 0.29) is 28.7 Å². The molecule has 1 aliphatic heterocycles. The molecule has 108 valence electrons. The van der Waals surface area contributed by atoms with Gasteiger partial charge in [-0.3, -0.25) is 9.59 Å². The second-order valence-corrected chi connectivity index (χ2v) is 5.20. The van der Waals surface area contributed by atoms with Gasteiger partial charge in [0.15, 0.2) is 11.5 Å². The van der Waals surface area contributed by atoms with Crippen LogP contribution < -0.4 is 0 Å². The second kappa shape index (κ2) is 5.09. The summed E-state index contributed by atoms with van der Waals surface area (Å²) < 4.78 is 1.66. The molecule has 0 unspecified atom stereocenters. The molecule has 5 nitrogen and oxygen atoms in total. The van der Waals surface area contributed by atoms with Crippen molar-refractivity contribution in [3.8, 4) is 5.75 Å². The Labute approximate surface area is 122 Å². The Balaban J connectivity index is 1.90. The largest absolute Gasteiger partial charge is 0.505 e. The van der Waals surface area contributed by atoms with E-state index in [0.29, 0.717) is 19.6 Å². The molecule has 0 fully saturated rings. The van der Waals surface area contributed by atoms with Gasteiger partial charge in [0.25, 0.3) is 5.91 Å². The topological polar surface area (TPSA) is 62.5 Å². The molecular formula is C16H16N2O3. The lowest BCUT2D eigenvalue weighted by molar-refractivity contribution is 0.0687. The predicted octanol–water partition coefficient (Wildman–Crippen LogP) is 2.05. The van der Waals surface area contributed by atoms with E-state index in [9.17, 15) is 14.7 Å². The van der Waals surface area contributed by atoms with E-state index in [4.69, 9.17) is 0 Å². The molecule has 21 heavy (non-hydrogen) atoms. The first-order valence-electron chi connectivity index (χ1n) is 6.84. The minimum Gasteiger partial charge on any atom is -0.505 e. The number of fused-ring (bicyclic) bond motifs is 1. The maximum Gasteiger partial charge on any atom is 0.274 e. The molecule has 0 atom stereocenters. The summed E-state index contributed by atoms with van der Waals surface area (Å²) in [6.07, 6.45) is 1.56. The molecule has 0 saturated carbocycles. The highest BCUT2D eigenvalue weighted by atomic mass is 16.3. The standard InChI is InChI=1S/C16H16N2O3/c1-11(19)13-10-17-7-8-18(16(21)14(17)15(13)20)9-12-5-3-2-4-6-12/h2-6,10,20H,7-9H2,1H3. The molecule has 1 N–H and O–H groups in total. The average Bonchev–Trinajstić information content (AvgIpc) is 2.81. The van der Waals surface area contributed by atoms with Crippen molar-refractivity contribution in [3.63, 3.8) is 0 Å². The summed E-state index contributed by atoms with van der Waals surface area (Å²) in [6, 6.07) is 9.71. The third kappa shape index (κ3) is 2.31. The zero-order valence-electron chi connectivity index (χ0n) is 11.7. The molecule has 0 aliphatic carbocycles. The van der Waals surface area contributed by atoms with E-state index in [1.807, 2.05) is 30.3 Å². The van der Waals surface area contributed by atoms with Crippen LogP contribution in [0.25, 0.3) is 0 Å². The number of aromatic hydroxyl groups is 1. The lowest BCUT2D eigenvalue weighted by Gasteiger charge is -2.28. The Morgan fingerprint density at radius 1 is 1.24 bits per heavy atom. The van der Waals surface area contributed by atoms with Gasteiger partial charge in [0, 0.05) is 25.8 Å². The highest BCUT2D eigenvalue weighted by Gasteiger charge is 2.30. The number of hydrogen-bond donors (Lipinski definition) is 1. The normalized spacial score (nSPS) is 14.1. The number of carbonyl (C=O) groups is 2. The van der Waals surface area contributed by atoms with Gasteiger partial charge in [-0.15, -0.1) is 0 Å². The molecule has 0 radical (unpaired) electrons. The Morgan fingerprint density at radius 3 is 2.62 bits per heavy atom. The van der Waals surface area contributed by atoms with Gasteiger partial charge in [0.2, 0.25) is 0 Å². The van der Waals surface area contributed by atoms with Crippen LogP contribution in [0, 0.1) is 0 Å². The second-order valence-electron chi connectivity index (χ2n) is 5.20. The van der Waals surface area contributed by atoms with E-state index in [1.165, 1.54) is 6.92 Å². The highest BCUT2D eigenvalue weighted by molar-refractivity contribution is 6.03. The van der Waals surface area contributed by atoms with Gasteiger partial charge in [0.1, 0.15) is 5.69 Å². The zero-order chi connectivity index (χ0) is 15.0. The van der Waals surface area contributed by atoms with Gasteiger partial charge in [-0.2, -0.15) is 0 Å². The molecule has 3 rings (SSSR count). The average molecular weight is 284 g/mol. The minimum atomic E-state index is -0.241. The highest BCUT2D eigenvalue weighted by Crippen LogP contribution is 2.29. The number of rotatable bonds is 3. The third-order valence-corrected chi connectivity index (χ3v) is 3.75. The third-order valence-electron chi connectivity index (χ3n) is 3.75. The van der Waals surface area contributed by atoms with Crippen molar-refractivity contribution < 1.29 is 14.7 Å². The monoisotopic (exact) mass is 284 g/mol. The van der Waals surface area contributed by atoms with Crippen LogP contribution in [0.2, 0.25) is 0 Å². The molecule has 5 heteroatoms. The van der Waals surface area contributed by atoms with Crippen LogP contribution in [0.4, 0.5) is 0 Å². The Morgan fingerprint density at radius 2 is 1.95 bits per heavy atom. The van der Waals surface area contributed by atoms with Gasteiger partial charge in [-0.25, -0.2) is 0 Å². The Hall–Kier alpha value is -2.56. The van der Waals surface area contributed by atoms with E-state index in [0.717, 1.165) is 5.56 Å². The molecule has 2 aromatic rings. The smallest absolute Gasteiger partial charge is 0.274 e. The van der Waals surface area contributed by atoms with Crippen LogP contribution in [0.1, 0.15) is 33.3 Å². The van der Waals surface area contributed by atoms with Gasteiger partial charge in [-0.05, 0) is 12.5 Å². The van der Waals surface area contributed by atoms with Crippen LogP contribution in [-0.2, 0) is 13.1 Å². The summed E-state index contributed by atoms with van der Waals surface area (Å²) in [5.74, 6) is -0.683. The van der Waals surface area contributed by atoms with Crippen molar-refractivity contribution in [2.45, 2.75) is 20.0 Å². The maximum absolute atomic E-state index is 12.5. The first-order valence-corrected chi connectivity index (χ1v) is 6.84. The molecular weight excluding hydrogens is 268 g/mol. The Kier molecular flexibility index (Phi) is 3.25. The lowest BCUT2D eigenvalue weighted by atomic mass is 10.1. The number of ketones is 1. The summed E-state index contributed by atoms with van der Waals surface area (Å²) in [7, 11) is 0. The number of carbonyl (C=O) groups excluding carboxylic acids is 2. The molecule has 0 spiro atoms. The quantitative estimate of drug-likeness (QED) is 0.877. The van der Waals surface area contributed by atoms with Crippen molar-refractivity contribution in [2.75, 3.05) is 6.54 Å². The molecule has 0 bridgehead atoms.